The van der Waals surface area contributed by atoms with Gasteiger partial charge in [0, 0.05) is 19.0 Å². The van der Waals surface area contributed by atoms with Gasteiger partial charge in [-0.1, -0.05) is 17.7 Å². The Balaban J connectivity index is 2.08. The number of anilines is 2. The highest BCUT2D eigenvalue weighted by Crippen LogP contribution is 2.22. The molecule has 0 bridgehead atoms. The zero-order valence-corrected chi connectivity index (χ0v) is 12.1. The number of nitrogen functional groups attached to an aromatic ring is 1. The van der Waals surface area contributed by atoms with Crippen molar-refractivity contribution in [2.75, 3.05) is 24.7 Å². The van der Waals surface area contributed by atoms with Crippen LogP contribution in [-0.2, 0) is 5.75 Å². The van der Waals surface area contributed by atoms with Gasteiger partial charge in [-0.2, -0.15) is 15.0 Å². The van der Waals surface area contributed by atoms with Crippen molar-refractivity contribution in [3.05, 3.63) is 35.7 Å². The number of hydrogen-bond donors (Lipinski definition) is 1. The second-order valence-electron chi connectivity index (χ2n) is 4.41. The molecule has 0 fully saturated rings. The fraction of sp³-hybridized carbons (Fsp3) is 0.308. The van der Waals surface area contributed by atoms with E-state index in [2.05, 4.69) is 46.1 Å². The van der Waals surface area contributed by atoms with E-state index in [0.717, 1.165) is 0 Å². The van der Waals surface area contributed by atoms with Gasteiger partial charge < -0.3 is 10.6 Å². The monoisotopic (exact) mass is 275 g/mol. The largest absolute Gasteiger partial charge is 0.368 e. The molecule has 1 heterocycles. The van der Waals surface area contributed by atoms with Gasteiger partial charge in [0.05, 0.1) is 5.75 Å². The highest BCUT2D eigenvalue weighted by Gasteiger charge is 2.06. The summed E-state index contributed by atoms with van der Waals surface area (Å²) in [6, 6.07) is 8.37. The summed E-state index contributed by atoms with van der Waals surface area (Å²) < 4.78 is 0. The van der Waals surface area contributed by atoms with Gasteiger partial charge in [0.15, 0.2) is 0 Å². The molecule has 2 rings (SSSR count). The summed E-state index contributed by atoms with van der Waals surface area (Å²) in [5.41, 5.74) is 6.94. The Morgan fingerprint density at radius 3 is 2.42 bits per heavy atom. The summed E-state index contributed by atoms with van der Waals surface area (Å²) >= 11 is 1.68. The minimum Gasteiger partial charge on any atom is -0.368 e. The van der Waals surface area contributed by atoms with E-state index in [0.29, 0.717) is 17.5 Å². The number of benzene rings is 1. The second-order valence-corrected chi connectivity index (χ2v) is 5.45. The number of nitrogens with two attached hydrogens (primary N) is 1. The second kappa shape index (κ2) is 5.88. The van der Waals surface area contributed by atoms with Gasteiger partial charge in [0.1, 0.15) is 5.82 Å². The van der Waals surface area contributed by atoms with E-state index >= 15 is 0 Å². The van der Waals surface area contributed by atoms with Gasteiger partial charge in [-0.3, -0.25) is 0 Å². The molecule has 5 nitrogen and oxygen atoms in total. The van der Waals surface area contributed by atoms with Crippen LogP contribution >= 0.6 is 11.8 Å². The minimum atomic E-state index is 0.262. The maximum atomic E-state index is 5.69. The van der Waals surface area contributed by atoms with E-state index < -0.39 is 0 Å². The van der Waals surface area contributed by atoms with Crippen LogP contribution in [0.5, 0.6) is 0 Å². The first-order chi connectivity index (χ1) is 9.04. The van der Waals surface area contributed by atoms with E-state index in [1.807, 2.05) is 19.0 Å². The van der Waals surface area contributed by atoms with Gasteiger partial charge in [0.2, 0.25) is 11.9 Å². The number of aromatic nitrogens is 3. The van der Waals surface area contributed by atoms with E-state index in [4.69, 9.17) is 5.73 Å². The molecular weight excluding hydrogens is 258 g/mol. The molecule has 0 aliphatic heterocycles. The van der Waals surface area contributed by atoms with Crippen molar-refractivity contribution in [3.63, 3.8) is 0 Å². The molecule has 0 amide bonds. The molecule has 0 radical (unpaired) electrons. The van der Waals surface area contributed by atoms with Crippen LogP contribution in [0.2, 0.25) is 0 Å². The number of rotatable bonds is 4. The first kappa shape index (κ1) is 13.6. The summed E-state index contributed by atoms with van der Waals surface area (Å²) in [6.45, 7) is 2.07. The van der Waals surface area contributed by atoms with E-state index in [-0.39, 0.29) is 5.95 Å². The van der Waals surface area contributed by atoms with Crippen LogP contribution in [0.4, 0.5) is 11.9 Å². The molecular formula is C13H17N5S. The highest BCUT2D eigenvalue weighted by atomic mass is 32.2. The third kappa shape index (κ3) is 3.82. The molecule has 100 valence electrons. The lowest BCUT2D eigenvalue weighted by Crippen LogP contribution is -2.15. The quantitative estimate of drug-likeness (QED) is 0.862. The SMILES string of the molecule is Cc1ccc(SCc2nc(N)nc(N(C)C)n2)cc1. The van der Waals surface area contributed by atoms with Crippen molar-refractivity contribution < 1.29 is 0 Å². The summed E-state index contributed by atoms with van der Waals surface area (Å²) in [6.07, 6.45) is 0. The Morgan fingerprint density at radius 2 is 1.79 bits per heavy atom. The smallest absolute Gasteiger partial charge is 0.229 e. The Hall–Kier alpha value is -1.82. The Labute approximate surface area is 117 Å². The molecule has 1 aromatic heterocycles. The van der Waals surface area contributed by atoms with E-state index in [1.165, 1.54) is 10.5 Å². The lowest BCUT2D eigenvalue weighted by atomic mass is 10.2. The molecule has 0 aliphatic carbocycles. The van der Waals surface area contributed by atoms with Crippen LogP contribution in [0, 0.1) is 6.92 Å². The van der Waals surface area contributed by atoms with Gasteiger partial charge in [-0.15, -0.1) is 11.8 Å². The summed E-state index contributed by atoms with van der Waals surface area (Å²) in [4.78, 5) is 15.6. The van der Waals surface area contributed by atoms with Crippen LogP contribution in [-0.4, -0.2) is 29.0 Å². The molecule has 2 aromatic rings. The Morgan fingerprint density at radius 1 is 1.11 bits per heavy atom. The third-order valence-corrected chi connectivity index (χ3v) is 3.48. The van der Waals surface area contributed by atoms with Crippen LogP contribution in [0.15, 0.2) is 29.2 Å². The van der Waals surface area contributed by atoms with E-state index in [1.54, 1.807) is 11.8 Å². The Bertz CT molecular complexity index is 553. The molecule has 0 unspecified atom stereocenters. The zero-order chi connectivity index (χ0) is 13.8. The average molecular weight is 275 g/mol. The van der Waals surface area contributed by atoms with Crippen molar-refractivity contribution in [2.45, 2.75) is 17.6 Å². The number of thioether (sulfide) groups is 1. The van der Waals surface area contributed by atoms with Gasteiger partial charge >= 0.3 is 0 Å². The molecule has 2 N–H and O–H groups in total. The van der Waals surface area contributed by atoms with Crippen molar-refractivity contribution in [1.82, 2.24) is 15.0 Å². The highest BCUT2D eigenvalue weighted by molar-refractivity contribution is 7.98. The molecule has 0 aliphatic rings. The van der Waals surface area contributed by atoms with Gasteiger partial charge in [-0.05, 0) is 19.1 Å². The minimum absolute atomic E-state index is 0.262. The van der Waals surface area contributed by atoms with Crippen molar-refractivity contribution in [3.8, 4) is 0 Å². The fourth-order valence-electron chi connectivity index (χ4n) is 1.47. The summed E-state index contributed by atoms with van der Waals surface area (Å²) in [7, 11) is 3.76. The lowest BCUT2D eigenvalue weighted by Gasteiger charge is -2.11. The number of hydrogen-bond acceptors (Lipinski definition) is 6. The van der Waals surface area contributed by atoms with Gasteiger partial charge in [-0.25, -0.2) is 0 Å². The van der Waals surface area contributed by atoms with Gasteiger partial charge in [0.25, 0.3) is 0 Å². The lowest BCUT2D eigenvalue weighted by molar-refractivity contribution is 0.919. The molecule has 0 spiro atoms. The van der Waals surface area contributed by atoms with Crippen LogP contribution in [0.3, 0.4) is 0 Å². The number of nitrogens with zero attached hydrogens (tertiary/aromatic N) is 4. The maximum absolute atomic E-state index is 5.69. The summed E-state index contributed by atoms with van der Waals surface area (Å²) in [5.74, 6) is 2.23. The third-order valence-electron chi connectivity index (χ3n) is 2.48. The molecule has 1 aromatic carbocycles. The number of aryl methyl sites for hydroxylation is 1. The zero-order valence-electron chi connectivity index (χ0n) is 11.3. The van der Waals surface area contributed by atoms with Crippen molar-refractivity contribution >= 4 is 23.7 Å². The fourth-order valence-corrected chi connectivity index (χ4v) is 2.23. The predicted molar refractivity (Wildman–Crippen MR) is 79.3 cm³/mol. The Kier molecular flexibility index (Phi) is 4.21. The molecule has 0 saturated heterocycles. The van der Waals surface area contributed by atoms with Crippen LogP contribution < -0.4 is 10.6 Å². The molecule has 6 heteroatoms. The van der Waals surface area contributed by atoms with Crippen molar-refractivity contribution in [1.29, 1.82) is 0 Å². The molecule has 0 atom stereocenters. The van der Waals surface area contributed by atoms with Crippen molar-refractivity contribution in [2.24, 2.45) is 0 Å². The predicted octanol–water partition coefficient (Wildman–Crippen LogP) is 2.12. The molecule has 0 saturated carbocycles. The average Bonchev–Trinajstić information content (AvgIpc) is 2.37. The first-order valence-electron chi connectivity index (χ1n) is 5.92. The molecule has 19 heavy (non-hydrogen) atoms. The van der Waals surface area contributed by atoms with Crippen LogP contribution in [0.1, 0.15) is 11.4 Å². The topological polar surface area (TPSA) is 67.9 Å². The standard InChI is InChI=1S/C13H17N5S/c1-9-4-6-10(7-5-9)19-8-11-15-12(14)17-13(16-11)18(2)3/h4-7H,8H2,1-3H3,(H2,14,15,16,17). The maximum Gasteiger partial charge on any atom is 0.229 e. The van der Waals surface area contributed by atoms with E-state index in [9.17, 15) is 0 Å². The summed E-state index contributed by atoms with van der Waals surface area (Å²) in [5, 5.41) is 0. The van der Waals surface area contributed by atoms with Crippen LogP contribution in [0.25, 0.3) is 0 Å². The normalized spacial score (nSPS) is 10.5. The first-order valence-corrected chi connectivity index (χ1v) is 6.90.